The fourth-order valence-corrected chi connectivity index (χ4v) is 1.22. The number of aromatic nitrogens is 2. The van der Waals surface area contributed by atoms with Crippen LogP contribution in [0.1, 0.15) is 19.5 Å². The summed E-state index contributed by atoms with van der Waals surface area (Å²) in [6, 6.07) is 1.94. The third-order valence-electron chi connectivity index (χ3n) is 1.78. The number of hydrogen-bond acceptors (Lipinski definition) is 4. The molecule has 1 aromatic heterocycles. The molecule has 0 amide bonds. The van der Waals surface area contributed by atoms with Gasteiger partial charge < -0.3 is 4.90 Å². The van der Waals surface area contributed by atoms with Crippen LogP contribution in [0.15, 0.2) is 12.4 Å². The van der Waals surface area contributed by atoms with Gasteiger partial charge in [0.15, 0.2) is 5.69 Å². The number of hydrogen-bond donors (Lipinski definition) is 0. The quantitative estimate of drug-likeness (QED) is 0.723. The van der Waals surface area contributed by atoms with E-state index in [4.69, 9.17) is 5.26 Å². The maximum Gasteiger partial charge on any atom is 0.158 e. The highest BCUT2D eigenvalue weighted by atomic mass is 15.2. The minimum atomic E-state index is 0.353. The van der Waals surface area contributed by atoms with Gasteiger partial charge in [0.1, 0.15) is 11.9 Å². The summed E-state index contributed by atoms with van der Waals surface area (Å²) in [5.41, 5.74) is 0.353. The molecule has 0 aliphatic heterocycles. The third kappa shape index (κ3) is 2.70. The van der Waals surface area contributed by atoms with E-state index in [2.05, 4.69) is 23.8 Å². The molecule has 74 valence electrons. The van der Waals surface area contributed by atoms with Gasteiger partial charge in [-0.05, 0) is 5.92 Å². The Morgan fingerprint density at radius 1 is 1.43 bits per heavy atom. The van der Waals surface area contributed by atoms with Crippen LogP contribution >= 0.6 is 0 Å². The van der Waals surface area contributed by atoms with Gasteiger partial charge in [0, 0.05) is 13.6 Å². The lowest BCUT2D eigenvalue weighted by Crippen LogP contribution is -2.23. The second kappa shape index (κ2) is 4.56. The van der Waals surface area contributed by atoms with Gasteiger partial charge in [-0.1, -0.05) is 13.8 Å². The van der Waals surface area contributed by atoms with Crippen molar-refractivity contribution in [3.8, 4) is 6.07 Å². The summed E-state index contributed by atoms with van der Waals surface area (Å²) >= 11 is 0. The maximum atomic E-state index is 8.55. The molecule has 0 saturated carbocycles. The summed E-state index contributed by atoms with van der Waals surface area (Å²) in [6.07, 6.45) is 3.12. The average Bonchev–Trinajstić information content (AvgIpc) is 2.17. The molecule has 0 aromatic carbocycles. The van der Waals surface area contributed by atoms with Crippen molar-refractivity contribution in [2.75, 3.05) is 18.5 Å². The molecule has 1 aromatic rings. The van der Waals surface area contributed by atoms with E-state index >= 15 is 0 Å². The maximum absolute atomic E-state index is 8.55. The molecular weight excluding hydrogens is 176 g/mol. The molecule has 4 heteroatoms. The summed E-state index contributed by atoms with van der Waals surface area (Å²) in [6.45, 7) is 5.22. The van der Waals surface area contributed by atoms with Crippen LogP contribution in [0.3, 0.4) is 0 Å². The monoisotopic (exact) mass is 190 g/mol. The molecule has 0 saturated heterocycles. The largest absolute Gasteiger partial charge is 0.358 e. The normalized spacial score (nSPS) is 9.93. The molecule has 0 N–H and O–H groups in total. The van der Waals surface area contributed by atoms with Gasteiger partial charge in [0.05, 0.1) is 12.4 Å². The molecule has 0 unspecified atom stereocenters. The molecular formula is C10H14N4. The Kier molecular flexibility index (Phi) is 3.41. The van der Waals surface area contributed by atoms with Gasteiger partial charge in [0.2, 0.25) is 0 Å². The highest BCUT2D eigenvalue weighted by Gasteiger charge is 2.04. The summed E-state index contributed by atoms with van der Waals surface area (Å²) in [7, 11) is 1.97. The van der Waals surface area contributed by atoms with Gasteiger partial charge in [-0.15, -0.1) is 0 Å². The molecule has 0 aliphatic carbocycles. The second-order valence-corrected chi connectivity index (χ2v) is 3.65. The van der Waals surface area contributed by atoms with Gasteiger partial charge in [-0.2, -0.15) is 5.26 Å². The zero-order valence-corrected chi connectivity index (χ0v) is 8.73. The number of anilines is 1. The zero-order valence-electron chi connectivity index (χ0n) is 8.73. The summed E-state index contributed by atoms with van der Waals surface area (Å²) in [4.78, 5) is 10.1. The third-order valence-corrected chi connectivity index (χ3v) is 1.78. The van der Waals surface area contributed by atoms with Crippen LogP contribution in [0.25, 0.3) is 0 Å². The molecule has 0 radical (unpaired) electrons. The fourth-order valence-electron chi connectivity index (χ4n) is 1.22. The van der Waals surface area contributed by atoms with Crippen molar-refractivity contribution in [3.05, 3.63) is 18.1 Å². The number of nitrogens with zero attached hydrogens (tertiary/aromatic N) is 4. The van der Waals surface area contributed by atoms with E-state index < -0.39 is 0 Å². The Balaban J connectivity index is 2.72. The van der Waals surface area contributed by atoms with Crippen LogP contribution < -0.4 is 4.90 Å². The standard InChI is InChI=1S/C10H14N4/c1-8(2)7-14(3)10-6-12-9(4-11)5-13-10/h5-6,8H,7H2,1-3H3. The van der Waals surface area contributed by atoms with Crippen LogP contribution in [0.2, 0.25) is 0 Å². The highest BCUT2D eigenvalue weighted by molar-refractivity contribution is 5.35. The van der Waals surface area contributed by atoms with E-state index in [1.807, 2.05) is 18.0 Å². The average molecular weight is 190 g/mol. The first-order valence-electron chi connectivity index (χ1n) is 4.56. The minimum Gasteiger partial charge on any atom is -0.358 e. The number of rotatable bonds is 3. The van der Waals surface area contributed by atoms with Crippen LogP contribution in [0.5, 0.6) is 0 Å². The Hall–Kier alpha value is -1.63. The smallest absolute Gasteiger partial charge is 0.158 e. The molecule has 0 aliphatic rings. The predicted molar refractivity (Wildman–Crippen MR) is 54.9 cm³/mol. The fraction of sp³-hybridized carbons (Fsp3) is 0.500. The van der Waals surface area contributed by atoms with Gasteiger partial charge >= 0.3 is 0 Å². The van der Waals surface area contributed by atoms with Crippen LogP contribution in [0, 0.1) is 17.2 Å². The molecule has 0 spiro atoms. The van der Waals surface area contributed by atoms with Crippen LogP contribution in [-0.4, -0.2) is 23.6 Å². The van der Waals surface area contributed by atoms with E-state index in [0.29, 0.717) is 11.6 Å². The van der Waals surface area contributed by atoms with E-state index in [-0.39, 0.29) is 0 Å². The summed E-state index contributed by atoms with van der Waals surface area (Å²) < 4.78 is 0. The van der Waals surface area contributed by atoms with Gasteiger partial charge in [0.25, 0.3) is 0 Å². The van der Waals surface area contributed by atoms with E-state index in [1.165, 1.54) is 6.20 Å². The van der Waals surface area contributed by atoms with E-state index in [9.17, 15) is 0 Å². The van der Waals surface area contributed by atoms with Crippen molar-refractivity contribution in [2.45, 2.75) is 13.8 Å². The zero-order chi connectivity index (χ0) is 10.6. The Morgan fingerprint density at radius 3 is 2.57 bits per heavy atom. The van der Waals surface area contributed by atoms with Crippen molar-refractivity contribution < 1.29 is 0 Å². The van der Waals surface area contributed by atoms with Crippen molar-refractivity contribution in [2.24, 2.45) is 5.92 Å². The second-order valence-electron chi connectivity index (χ2n) is 3.65. The van der Waals surface area contributed by atoms with Crippen LogP contribution in [-0.2, 0) is 0 Å². The first-order chi connectivity index (χ1) is 6.63. The van der Waals surface area contributed by atoms with Crippen LogP contribution in [0.4, 0.5) is 5.82 Å². The topological polar surface area (TPSA) is 52.8 Å². The van der Waals surface area contributed by atoms with E-state index in [0.717, 1.165) is 12.4 Å². The first-order valence-corrected chi connectivity index (χ1v) is 4.56. The van der Waals surface area contributed by atoms with Crippen molar-refractivity contribution in [1.29, 1.82) is 5.26 Å². The Labute approximate surface area is 84.2 Å². The molecule has 0 fully saturated rings. The van der Waals surface area contributed by atoms with Gasteiger partial charge in [-0.3, -0.25) is 0 Å². The SMILES string of the molecule is CC(C)CN(C)c1cnc(C#N)cn1. The van der Waals surface area contributed by atoms with Crippen molar-refractivity contribution >= 4 is 5.82 Å². The lowest BCUT2D eigenvalue weighted by molar-refractivity contribution is 0.634. The lowest BCUT2D eigenvalue weighted by Gasteiger charge is -2.19. The predicted octanol–water partition coefficient (Wildman–Crippen LogP) is 1.44. The van der Waals surface area contributed by atoms with E-state index in [1.54, 1.807) is 6.20 Å². The molecule has 0 atom stereocenters. The van der Waals surface area contributed by atoms with Crippen molar-refractivity contribution in [3.63, 3.8) is 0 Å². The summed E-state index contributed by atoms with van der Waals surface area (Å²) in [5, 5.41) is 8.55. The minimum absolute atomic E-state index is 0.353. The molecule has 1 rings (SSSR count). The molecule has 0 bridgehead atoms. The number of nitriles is 1. The Morgan fingerprint density at radius 2 is 2.14 bits per heavy atom. The Bertz CT molecular complexity index is 323. The first kappa shape index (κ1) is 10.5. The lowest BCUT2D eigenvalue weighted by atomic mass is 10.2. The summed E-state index contributed by atoms with van der Waals surface area (Å²) in [5.74, 6) is 1.38. The van der Waals surface area contributed by atoms with Gasteiger partial charge in [-0.25, -0.2) is 9.97 Å². The highest BCUT2D eigenvalue weighted by Crippen LogP contribution is 2.08. The molecule has 14 heavy (non-hydrogen) atoms. The van der Waals surface area contributed by atoms with Crippen molar-refractivity contribution in [1.82, 2.24) is 9.97 Å². The molecule has 4 nitrogen and oxygen atoms in total. The molecule has 1 heterocycles.